The molecule has 2 fully saturated rings. The number of carbonyl (C=O) groups is 1. The molecule has 0 radical (unpaired) electrons. The molecule has 0 saturated carbocycles. The smallest absolute Gasteiger partial charge is 0.360 e. The topological polar surface area (TPSA) is 58.8 Å². The van der Waals surface area contributed by atoms with Gasteiger partial charge in [0.1, 0.15) is 6.26 Å². The van der Waals surface area contributed by atoms with Gasteiger partial charge in [-0.2, -0.15) is 4.98 Å². The fourth-order valence-corrected chi connectivity index (χ4v) is 3.21. The van der Waals surface area contributed by atoms with Gasteiger partial charge in [-0.1, -0.05) is 6.42 Å². The van der Waals surface area contributed by atoms with Gasteiger partial charge in [0.25, 0.3) is 6.01 Å². The number of nitrogens with zero attached hydrogens (tertiary/aromatic N) is 3. The Kier molecular flexibility index (Phi) is 4.43. The summed E-state index contributed by atoms with van der Waals surface area (Å²) in [6.07, 6.45) is 6.50. The van der Waals surface area contributed by atoms with Crippen LogP contribution < -0.4 is 4.90 Å². The van der Waals surface area contributed by atoms with Gasteiger partial charge in [-0.15, -0.1) is 0 Å². The number of rotatable bonds is 4. The van der Waals surface area contributed by atoms with Crippen molar-refractivity contribution in [1.29, 1.82) is 0 Å². The summed E-state index contributed by atoms with van der Waals surface area (Å²) in [7, 11) is 0. The summed E-state index contributed by atoms with van der Waals surface area (Å²) in [6.45, 7) is 6.41. The molecule has 2 aliphatic heterocycles. The van der Waals surface area contributed by atoms with Gasteiger partial charge in [0.2, 0.25) is 0 Å². The van der Waals surface area contributed by atoms with Crippen molar-refractivity contribution in [2.75, 3.05) is 37.7 Å². The van der Waals surface area contributed by atoms with Gasteiger partial charge in [0, 0.05) is 19.1 Å². The van der Waals surface area contributed by atoms with Crippen molar-refractivity contribution in [3.8, 4) is 0 Å². The van der Waals surface area contributed by atoms with Crippen molar-refractivity contribution in [3.05, 3.63) is 12.0 Å². The largest absolute Gasteiger partial charge is 0.461 e. The maximum absolute atomic E-state index is 11.6. The van der Waals surface area contributed by atoms with Crippen LogP contribution in [0.4, 0.5) is 6.01 Å². The maximum atomic E-state index is 11.6. The Hall–Kier alpha value is -1.56. The first kappa shape index (κ1) is 14.4. The van der Waals surface area contributed by atoms with Crippen LogP contribution in [0.3, 0.4) is 0 Å². The predicted molar refractivity (Wildman–Crippen MR) is 78.5 cm³/mol. The van der Waals surface area contributed by atoms with Gasteiger partial charge in [-0.25, -0.2) is 4.79 Å². The summed E-state index contributed by atoms with van der Waals surface area (Å²) < 4.78 is 10.4. The molecule has 0 aromatic carbocycles. The molecule has 3 rings (SSSR count). The molecule has 6 nitrogen and oxygen atoms in total. The lowest BCUT2D eigenvalue weighted by molar-refractivity contribution is 0.0519. The van der Waals surface area contributed by atoms with E-state index >= 15 is 0 Å². The molecule has 1 aromatic rings. The number of anilines is 1. The van der Waals surface area contributed by atoms with Gasteiger partial charge in [0.15, 0.2) is 5.69 Å². The second-order valence-corrected chi connectivity index (χ2v) is 5.72. The van der Waals surface area contributed by atoms with E-state index in [9.17, 15) is 4.79 Å². The highest BCUT2D eigenvalue weighted by Gasteiger charge is 2.31. The predicted octanol–water partition coefficient (Wildman–Crippen LogP) is 1.92. The van der Waals surface area contributed by atoms with Crippen molar-refractivity contribution >= 4 is 12.0 Å². The molecule has 3 heterocycles. The Balaban J connectivity index is 1.59. The number of hydrogen-bond donors (Lipinski definition) is 0. The highest BCUT2D eigenvalue weighted by molar-refractivity contribution is 5.87. The lowest BCUT2D eigenvalue weighted by Gasteiger charge is -2.31. The van der Waals surface area contributed by atoms with Crippen LogP contribution >= 0.6 is 0 Å². The van der Waals surface area contributed by atoms with Crippen LogP contribution in [0, 0.1) is 0 Å². The molecule has 2 saturated heterocycles. The van der Waals surface area contributed by atoms with Gasteiger partial charge in [-0.3, -0.25) is 4.90 Å². The zero-order chi connectivity index (χ0) is 14.7. The van der Waals surface area contributed by atoms with Gasteiger partial charge < -0.3 is 14.1 Å². The molecule has 0 bridgehead atoms. The summed E-state index contributed by atoms with van der Waals surface area (Å²) in [5.74, 6) is -0.417. The van der Waals surface area contributed by atoms with E-state index in [-0.39, 0.29) is 5.69 Å². The molecule has 0 spiro atoms. The van der Waals surface area contributed by atoms with E-state index in [0.29, 0.717) is 18.7 Å². The average molecular weight is 293 g/mol. The van der Waals surface area contributed by atoms with Gasteiger partial charge in [-0.05, 0) is 39.3 Å². The highest BCUT2D eigenvalue weighted by Crippen LogP contribution is 2.24. The molecule has 2 aliphatic rings. The Bertz CT molecular complexity index is 482. The molecule has 1 aromatic heterocycles. The Morgan fingerprint density at radius 3 is 2.95 bits per heavy atom. The summed E-state index contributed by atoms with van der Waals surface area (Å²) in [6, 6.07) is 1.13. The van der Waals surface area contributed by atoms with Crippen LogP contribution in [0.5, 0.6) is 0 Å². The van der Waals surface area contributed by atoms with Crippen LogP contribution in [-0.4, -0.2) is 54.7 Å². The van der Waals surface area contributed by atoms with Crippen LogP contribution in [0.1, 0.15) is 43.1 Å². The Morgan fingerprint density at radius 1 is 1.38 bits per heavy atom. The summed E-state index contributed by atoms with van der Waals surface area (Å²) in [5.41, 5.74) is 0.258. The van der Waals surface area contributed by atoms with Crippen molar-refractivity contribution in [2.45, 2.75) is 38.6 Å². The number of carbonyl (C=O) groups excluding carboxylic acids is 1. The van der Waals surface area contributed by atoms with E-state index < -0.39 is 5.97 Å². The summed E-state index contributed by atoms with van der Waals surface area (Å²) in [5, 5.41) is 0. The molecule has 6 heteroatoms. The van der Waals surface area contributed by atoms with Crippen LogP contribution in [0.2, 0.25) is 0 Å². The molecule has 0 N–H and O–H groups in total. The number of oxazole rings is 1. The lowest BCUT2D eigenvalue weighted by atomic mass is 10.1. The Morgan fingerprint density at radius 2 is 2.19 bits per heavy atom. The maximum Gasteiger partial charge on any atom is 0.360 e. The first-order valence-corrected chi connectivity index (χ1v) is 7.89. The van der Waals surface area contributed by atoms with E-state index in [1.54, 1.807) is 6.92 Å². The molecular weight excluding hydrogens is 270 g/mol. The molecule has 0 aliphatic carbocycles. The number of esters is 1. The quantitative estimate of drug-likeness (QED) is 0.790. The third-order valence-corrected chi connectivity index (χ3v) is 4.32. The second kappa shape index (κ2) is 6.47. The fraction of sp³-hybridized carbons (Fsp3) is 0.733. The van der Waals surface area contributed by atoms with E-state index in [0.717, 1.165) is 19.5 Å². The average Bonchev–Trinajstić information content (AvgIpc) is 3.17. The van der Waals surface area contributed by atoms with E-state index in [1.807, 2.05) is 0 Å². The number of ether oxygens (including phenoxy) is 1. The van der Waals surface area contributed by atoms with Crippen LogP contribution in [0.15, 0.2) is 10.7 Å². The van der Waals surface area contributed by atoms with E-state index in [4.69, 9.17) is 9.15 Å². The normalized spacial score (nSPS) is 23.5. The van der Waals surface area contributed by atoms with Crippen LogP contribution in [-0.2, 0) is 4.74 Å². The van der Waals surface area contributed by atoms with Crippen molar-refractivity contribution in [2.24, 2.45) is 0 Å². The van der Waals surface area contributed by atoms with Gasteiger partial charge >= 0.3 is 5.97 Å². The highest BCUT2D eigenvalue weighted by atomic mass is 16.5. The first-order valence-electron chi connectivity index (χ1n) is 7.89. The SMILES string of the molecule is CCOC(=O)c1coc(N2CCC(N3CCCCC3)C2)n1. The minimum Gasteiger partial charge on any atom is -0.461 e. The molecule has 21 heavy (non-hydrogen) atoms. The second-order valence-electron chi connectivity index (χ2n) is 5.72. The number of aromatic nitrogens is 1. The third-order valence-electron chi connectivity index (χ3n) is 4.32. The molecule has 0 amide bonds. The summed E-state index contributed by atoms with van der Waals surface area (Å²) in [4.78, 5) is 20.6. The van der Waals surface area contributed by atoms with E-state index in [1.165, 1.54) is 38.6 Å². The number of likely N-dealkylation sites (tertiary alicyclic amines) is 1. The Labute approximate surface area is 125 Å². The number of hydrogen-bond acceptors (Lipinski definition) is 6. The third kappa shape index (κ3) is 3.20. The van der Waals surface area contributed by atoms with Crippen molar-refractivity contribution in [1.82, 2.24) is 9.88 Å². The zero-order valence-corrected chi connectivity index (χ0v) is 12.6. The molecular formula is C15H23N3O3. The van der Waals surface area contributed by atoms with Crippen molar-refractivity contribution in [3.63, 3.8) is 0 Å². The van der Waals surface area contributed by atoms with Crippen LogP contribution in [0.25, 0.3) is 0 Å². The number of piperidine rings is 1. The minimum atomic E-state index is -0.417. The fourth-order valence-electron chi connectivity index (χ4n) is 3.21. The standard InChI is InChI=1S/C15H23N3O3/c1-2-20-14(19)13-11-21-15(16-13)18-9-6-12(10-18)17-7-4-3-5-8-17/h11-12H,2-10H2,1H3. The monoisotopic (exact) mass is 293 g/mol. The minimum absolute atomic E-state index is 0.258. The van der Waals surface area contributed by atoms with E-state index in [2.05, 4.69) is 14.8 Å². The molecule has 116 valence electrons. The molecule has 1 atom stereocenters. The zero-order valence-electron chi connectivity index (χ0n) is 12.6. The van der Waals surface area contributed by atoms with Crippen molar-refractivity contribution < 1.29 is 13.9 Å². The summed E-state index contributed by atoms with van der Waals surface area (Å²) >= 11 is 0. The first-order chi connectivity index (χ1) is 10.3. The molecule has 1 unspecified atom stereocenters. The van der Waals surface area contributed by atoms with Gasteiger partial charge in [0.05, 0.1) is 6.61 Å². The lowest BCUT2D eigenvalue weighted by Crippen LogP contribution is -2.40.